The number of rotatable bonds is 2. The summed E-state index contributed by atoms with van der Waals surface area (Å²) in [5.74, 6) is 0. The van der Waals surface area contributed by atoms with E-state index in [1.165, 1.54) is 16.7 Å². The second-order valence-electron chi connectivity index (χ2n) is 5.11. The van der Waals surface area contributed by atoms with E-state index in [0.717, 1.165) is 5.54 Å². The van der Waals surface area contributed by atoms with Crippen LogP contribution in [0.3, 0.4) is 0 Å². The Bertz CT molecular complexity index is 446. The highest BCUT2D eigenvalue weighted by Crippen LogP contribution is 2.27. The lowest BCUT2D eigenvalue weighted by molar-refractivity contribution is 1.22. The lowest BCUT2D eigenvalue weighted by Crippen LogP contribution is -2.19. The molecule has 2 rings (SSSR count). The maximum atomic E-state index is 2.44. The van der Waals surface area contributed by atoms with Crippen molar-refractivity contribution in [2.45, 2.75) is 33.2 Å². The molecule has 1 aliphatic carbocycles. The molecule has 0 nitrogen and oxygen atoms in total. The van der Waals surface area contributed by atoms with Gasteiger partial charge in [-0.15, -0.1) is 0 Å². The van der Waals surface area contributed by atoms with E-state index >= 15 is 0 Å². The van der Waals surface area contributed by atoms with Gasteiger partial charge in [0.05, 0.1) is 9.52 Å². The van der Waals surface area contributed by atoms with Gasteiger partial charge in [-0.2, -0.15) is 0 Å². The van der Waals surface area contributed by atoms with Crippen LogP contribution in [-0.4, -0.2) is 9.52 Å². The zero-order chi connectivity index (χ0) is 11.7. The van der Waals surface area contributed by atoms with Gasteiger partial charge < -0.3 is 0 Å². The van der Waals surface area contributed by atoms with Gasteiger partial charge in [-0.3, -0.25) is 0 Å². The lowest BCUT2D eigenvalue weighted by atomic mass is 10.2. The van der Waals surface area contributed by atoms with Crippen molar-refractivity contribution >= 4 is 14.7 Å². The molecule has 0 saturated heterocycles. The Morgan fingerprint density at radius 2 is 1.56 bits per heavy atom. The summed E-state index contributed by atoms with van der Waals surface area (Å²) in [6.45, 7) is 8.87. The molecule has 1 aliphatic rings. The summed E-state index contributed by atoms with van der Waals surface area (Å²) in [5, 5.41) is 1.60. The summed E-state index contributed by atoms with van der Waals surface area (Å²) in [7, 11) is -0.202. The van der Waals surface area contributed by atoms with Crippen molar-refractivity contribution in [3.8, 4) is 0 Å². The molecule has 0 bridgehead atoms. The number of allylic oxidation sites excluding steroid dienone is 4. The molecular weight excluding hydrogens is 208 g/mol. The van der Waals surface area contributed by atoms with Crippen molar-refractivity contribution in [1.29, 1.82) is 0 Å². The minimum Gasteiger partial charge on any atom is -0.0774 e. The van der Waals surface area contributed by atoms with Crippen LogP contribution in [-0.2, 0) is 0 Å². The van der Waals surface area contributed by atoms with Gasteiger partial charge >= 0.3 is 0 Å². The van der Waals surface area contributed by atoms with Crippen LogP contribution >= 0.6 is 0 Å². The molecule has 1 heteroatoms. The van der Waals surface area contributed by atoms with Gasteiger partial charge in [0, 0.05) is 0 Å². The highest BCUT2D eigenvalue weighted by Gasteiger charge is 2.14. The molecule has 1 unspecified atom stereocenters. The Morgan fingerprint density at radius 1 is 0.938 bits per heavy atom. The molecular formula is C15H20Si. The zero-order valence-electron chi connectivity index (χ0n) is 10.7. The van der Waals surface area contributed by atoms with Crippen molar-refractivity contribution in [3.05, 3.63) is 52.6 Å². The fraction of sp³-hybridized carbons (Fsp3) is 0.333. The zero-order valence-corrected chi connectivity index (χ0v) is 12.1. The van der Waals surface area contributed by atoms with Crippen LogP contribution in [0.25, 0.3) is 0 Å². The summed E-state index contributed by atoms with van der Waals surface area (Å²) in [6.07, 6.45) is 4.78. The minimum absolute atomic E-state index is 0.202. The number of aryl methyl sites for hydroxylation is 2. The number of hydrogen-bond donors (Lipinski definition) is 0. The molecule has 1 atom stereocenters. The van der Waals surface area contributed by atoms with Crippen LogP contribution in [0.4, 0.5) is 0 Å². The van der Waals surface area contributed by atoms with Gasteiger partial charge in [0.1, 0.15) is 0 Å². The molecule has 16 heavy (non-hydrogen) atoms. The van der Waals surface area contributed by atoms with Crippen molar-refractivity contribution in [1.82, 2.24) is 0 Å². The van der Waals surface area contributed by atoms with Gasteiger partial charge in [-0.05, 0) is 33.2 Å². The van der Waals surface area contributed by atoms with Gasteiger partial charge in [0.25, 0.3) is 0 Å². The molecule has 0 aliphatic heterocycles. The van der Waals surface area contributed by atoms with Gasteiger partial charge in [-0.25, -0.2) is 0 Å². The summed E-state index contributed by atoms with van der Waals surface area (Å²) >= 11 is 0. The third kappa shape index (κ3) is 2.53. The normalized spacial score (nSPS) is 20.4. The summed E-state index contributed by atoms with van der Waals surface area (Å²) in [6, 6.07) is 7.00. The molecule has 0 saturated carbocycles. The molecule has 0 aromatic heterocycles. The molecule has 1 aromatic rings. The molecule has 0 heterocycles. The lowest BCUT2D eigenvalue weighted by Gasteiger charge is -2.10. The summed E-state index contributed by atoms with van der Waals surface area (Å²) in [5.41, 5.74) is 6.56. The maximum absolute atomic E-state index is 2.44. The summed E-state index contributed by atoms with van der Waals surface area (Å²) < 4.78 is 0. The van der Waals surface area contributed by atoms with Crippen molar-refractivity contribution in [2.24, 2.45) is 0 Å². The van der Waals surface area contributed by atoms with Crippen molar-refractivity contribution in [2.75, 3.05) is 0 Å². The Labute approximate surface area is 101 Å². The second kappa shape index (κ2) is 4.42. The van der Waals surface area contributed by atoms with Crippen LogP contribution < -0.4 is 5.19 Å². The smallest absolute Gasteiger partial charge is 0.0667 e. The molecule has 0 spiro atoms. The molecule has 1 aromatic carbocycles. The third-order valence-corrected chi connectivity index (χ3v) is 5.44. The fourth-order valence-corrected chi connectivity index (χ4v) is 4.94. The predicted octanol–water partition coefficient (Wildman–Crippen LogP) is 2.79. The highest BCUT2D eigenvalue weighted by molar-refractivity contribution is 6.56. The van der Waals surface area contributed by atoms with E-state index in [1.807, 2.05) is 0 Å². The minimum atomic E-state index is -0.202. The Morgan fingerprint density at radius 3 is 2.06 bits per heavy atom. The van der Waals surface area contributed by atoms with Gasteiger partial charge in [0.2, 0.25) is 0 Å². The van der Waals surface area contributed by atoms with Crippen LogP contribution in [0.2, 0.25) is 5.54 Å². The first-order chi connectivity index (χ1) is 7.54. The quantitative estimate of drug-likeness (QED) is 0.683. The van der Waals surface area contributed by atoms with Crippen molar-refractivity contribution < 1.29 is 0 Å². The molecule has 0 amide bonds. The summed E-state index contributed by atoms with van der Waals surface area (Å²) in [4.78, 5) is 0. The predicted molar refractivity (Wildman–Crippen MR) is 75.4 cm³/mol. The fourth-order valence-electron chi connectivity index (χ4n) is 2.62. The first kappa shape index (κ1) is 11.4. The second-order valence-corrected chi connectivity index (χ2v) is 7.21. The first-order valence-electron chi connectivity index (χ1n) is 5.98. The van der Waals surface area contributed by atoms with E-state index in [9.17, 15) is 0 Å². The van der Waals surface area contributed by atoms with E-state index in [4.69, 9.17) is 0 Å². The number of benzene rings is 1. The molecule has 0 N–H and O–H groups in total. The topological polar surface area (TPSA) is 0 Å². The van der Waals surface area contributed by atoms with Crippen LogP contribution in [0, 0.1) is 13.8 Å². The Kier molecular flexibility index (Phi) is 3.15. The van der Waals surface area contributed by atoms with Gasteiger partial charge in [-0.1, -0.05) is 57.8 Å². The highest BCUT2D eigenvalue weighted by atomic mass is 28.2. The average Bonchev–Trinajstić information content (AvgIpc) is 2.43. The van der Waals surface area contributed by atoms with E-state index in [2.05, 4.69) is 58.0 Å². The first-order valence-corrected chi connectivity index (χ1v) is 7.51. The maximum Gasteiger partial charge on any atom is 0.0667 e. The Balaban J connectivity index is 2.19. The van der Waals surface area contributed by atoms with Crippen LogP contribution in [0.1, 0.15) is 25.0 Å². The van der Waals surface area contributed by atoms with Crippen LogP contribution in [0.15, 0.2) is 41.5 Å². The third-order valence-electron chi connectivity index (χ3n) is 3.24. The van der Waals surface area contributed by atoms with E-state index < -0.39 is 0 Å². The van der Waals surface area contributed by atoms with Crippen LogP contribution in [0.5, 0.6) is 0 Å². The molecule has 84 valence electrons. The molecule has 0 fully saturated rings. The molecule has 0 radical (unpaired) electrons. The number of hydrogen-bond acceptors (Lipinski definition) is 0. The van der Waals surface area contributed by atoms with E-state index in [0.29, 0.717) is 0 Å². The SMILES string of the molecule is CC1=CC([SiH2]c2cc(C)cc(C)c2)C(C)=C1. The van der Waals surface area contributed by atoms with Gasteiger partial charge in [0.15, 0.2) is 0 Å². The average molecular weight is 228 g/mol. The monoisotopic (exact) mass is 228 g/mol. The standard InChI is InChI=1S/C15H20Si/c1-10-5-11(2)8-14(7-10)16-15-9-12(3)6-13(15)4/h5-9,15H,16H2,1-4H3. The Hall–Kier alpha value is -1.08. The van der Waals surface area contributed by atoms with E-state index in [-0.39, 0.29) is 9.52 Å². The van der Waals surface area contributed by atoms with E-state index in [1.54, 1.807) is 10.8 Å². The van der Waals surface area contributed by atoms with Crippen molar-refractivity contribution in [3.63, 3.8) is 0 Å². The largest absolute Gasteiger partial charge is 0.0774 e.